The number of halogens is 2. The van der Waals surface area contributed by atoms with E-state index in [1.165, 1.54) is 11.6 Å². The van der Waals surface area contributed by atoms with Gasteiger partial charge in [-0.2, -0.15) is 0 Å². The summed E-state index contributed by atoms with van der Waals surface area (Å²) in [7, 11) is 0. The summed E-state index contributed by atoms with van der Waals surface area (Å²) in [6.07, 6.45) is 5.26. The van der Waals surface area contributed by atoms with Crippen LogP contribution in [0.15, 0.2) is 18.2 Å². The van der Waals surface area contributed by atoms with E-state index in [4.69, 9.17) is 22.1 Å². The number of anilines is 1. The molecule has 1 aliphatic carbocycles. The molecule has 96 valence electrons. The Hall–Kier alpha value is -1.06. The van der Waals surface area contributed by atoms with Gasteiger partial charge in [0.2, 0.25) is 0 Å². The molecule has 1 heterocycles. The molecule has 2 nitrogen and oxygen atoms in total. The molecule has 4 heteroatoms. The van der Waals surface area contributed by atoms with Crippen molar-refractivity contribution in [3.05, 3.63) is 34.6 Å². The fourth-order valence-corrected chi connectivity index (χ4v) is 2.92. The highest BCUT2D eigenvalue weighted by atomic mass is 35.5. The van der Waals surface area contributed by atoms with Crippen molar-refractivity contribution >= 4 is 22.9 Å². The van der Waals surface area contributed by atoms with Crippen LogP contribution in [0.1, 0.15) is 24.8 Å². The predicted octanol–water partition coefficient (Wildman–Crippen LogP) is 3.65. The lowest BCUT2D eigenvalue weighted by molar-refractivity contribution is -0.116. The average Bonchev–Trinajstić information content (AvgIpc) is 2.32. The lowest BCUT2D eigenvalue weighted by Gasteiger charge is -2.43. The van der Waals surface area contributed by atoms with Crippen molar-refractivity contribution in [2.75, 3.05) is 18.9 Å². The van der Waals surface area contributed by atoms with Gasteiger partial charge in [0.25, 0.3) is 0 Å². The topological polar surface area (TPSA) is 35.2 Å². The first-order valence-electron chi connectivity index (χ1n) is 6.11. The number of nitrogen functional groups attached to an aromatic ring is 1. The minimum absolute atomic E-state index is 0.155. The summed E-state index contributed by atoms with van der Waals surface area (Å²) in [5, 5.41) is 0.439. The van der Waals surface area contributed by atoms with Gasteiger partial charge in [0.05, 0.1) is 23.9 Å². The highest BCUT2D eigenvalue weighted by molar-refractivity contribution is 6.32. The van der Waals surface area contributed by atoms with E-state index in [0.717, 1.165) is 38.0 Å². The lowest BCUT2D eigenvalue weighted by atomic mass is 9.72. The number of hydrogen-bond acceptors (Lipinski definition) is 2. The van der Waals surface area contributed by atoms with Crippen LogP contribution in [0.4, 0.5) is 10.1 Å². The molecule has 0 saturated carbocycles. The first kappa shape index (κ1) is 12.0. The molecule has 0 atom stereocenters. The van der Waals surface area contributed by atoms with Gasteiger partial charge in [-0.05, 0) is 42.5 Å². The van der Waals surface area contributed by atoms with Gasteiger partial charge in [-0.1, -0.05) is 17.7 Å². The Bertz CT molecular complexity index is 523. The molecule has 0 radical (unpaired) electrons. The first-order chi connectivity index (χ1) is 8.60. The summed E-state index contributed by atoms with van der Waals surface area (Å²) in [6, 6.07) is 2.93. The van der Waals surface area contributed by atoms with Crippen molar-refractivity contribution in [3.8, 4) is 0 Å². The van der Waals surface area contributed by atoms with Crippen LogP contribution < -0.4 is 5.73 Å². The Kier molecular flexibility index (Phi) is 2.83. The van der Waals surface area contributed by atoms with Crippen LogP contribution in [0.3, 0.4) is 0 Å². The van der Waals surface area contributed by atoms with Gasteiger partial charge in [0, 0.05) is 5.41 Å². The summed E-state index contributed by atoms with van der Waals surface area (Å²) < 4.78 is 18.6. The van der Waals surface area contributed by atoms with Crippen LogP contribution in [0.25, 0.3) is 5.57 Å². The van der Waals surface area contributed by atoms with Crippen LogP contribution in [-0.2, 0) is 4.74 Å². The molecule has 1 aromatic rings. The molecule has 0 unspecified atom stereocenters. The Morgan fingerprint density at radius 2 is 2.11 bits per heavy atom. The fourth-order valence-electron chi connectivity index (χ4n) is 2.65. The summed E-state index contributed by atoms with van der Waals surface area (Å²) in [5.74, 6) is -0.455. The molecule has 3 rings (SSSR count). The quantitative estimate of drug-likeness (QED) is 0.789. The molecule has 0 amide bonds. The smallest absolute Gasteiger partial charge is 0.147 e. The second-order valence-corrected chi connectivity index (χ2v) is 5.69. The zero-order chi connectivity index (χ0) is 12.8. The molecule has 18 heavy (non-hydrogen) atoms. The van der Waals surface area contributed by atoms with Crippen LogP contribution in [0, 0.1) is 11.2 Å². The maximum atomic E-state index is 13.3. The van der Waals surface area contributed by atoms with Gasteiger partial charge in [-0.15, -0.1) is 0 Å². The second kappa shape index (κ2) is 4.25. The third-order valence-electron chi connectivity index (χ3n) is 3.95. The van der Waals surface area contributed by atoms with Crippen LogP contribution in [-0.4, -0.2) is 13.2 Å². The Balaban J connectivity index is 1.89. The molecule has 2 aliphatic rings. The SMILES string of the molecule is Nc1cc(C2=CCC3(CC2)COC3)c(Cl)cc1F. The highest BCUT2D eigenvalue weighted by Gasteiger charge is 2.39. The summed E-state index contributed by atoms with van der Waals surface area (Å²) >= 11 is 6.09. The molecule has 1 spiro atoms. The van der Waals surface area contributed by atoms with E-state index in [1.54, 1.807) is 6.07 Å². The van der Waals surface area contributed by atoms with Crippen LogP contribution in [0.5, 0.6) is 0 Å². The Labute approximate surface area is 111 Å². The van der Waals surface area contributed by atoms with E-state index >= 15 is 0 Å². The number of ether oxygens (including phenoxy) is 1. The van der Waals surface area contributed by atoms with E-state index in [0.29, 0.717) is 10.4 Å². The second-order valence-electron chi connectivity index (χ2n) is 5.28. The molecular weight excluding hydrogens is 253 g/mol. The third kappa shape index (κ3) is 1.91. The number of nitrogens with two attached hydrogens (primary N) is 1. The number of benzene rings is 1. The van der Waals surface area contributed by atoms with E-state index in [9.17, 15) is 4.39 Å². The standard InChI is InChI=1S/C14H15ClFNO/c15-11-6-12(16)13(17)5-10(11)9-1-3-14(4-2-9)7-18-8-14/h1,5-6H,2-4,7-8,17H2. The molecule has 2 N–H and O–H groups in total. The van der Waals surface area contributed by atoms with Crippen LogP contribution >= 0.6 is 11.6 Å². The summed E-state index contributed by atoms with van der Waals surface area (Å²) in [6.45, 7) is 1.71. The summed E-state index contributed by atoms with van der Waals surface area (Å²) in [4.78, 5) is 0. The van der Waals surface area contributed by atoms with Crippen molar-refractivity contribution < 1.29 is 9.13 Å². The minimum Gasteiger partial charge on any atom is -0.396 e. The van der Waals surface area contributed by atoms with E-state index in [-0.39, 0.29) is 5.69 Å². The van der Waals surface area contributed by atoms with Gasteiger partial charge in [0.1, 0.15) is 5.82 Å². The van der Waals surface area contributed by atoms with Gasteiger partial charge in [0.15, 0.2) is 0 Å². The molecule has 0 aromatic heterocycles. The zero-order valence-corrected chi connectivity index (χ0v) is 10.8. The van der Waals surface area contributed by atoms with Crippen molar-refractivity contribution in [1.29, 1.82) is 0 Å². The van der Waals surface area contributed by atoms with E-state index < -0.39 is 5.82 Å². The Morgan fingerprint density at radius 3 is 2.67 bits per heavy atom. The molecule has 1 aromatic carbocycles. The largest absolute Gasteiger partial charge is 0.396 e. The van der Waals surface area contributed by atoms with Crippen molar-refractivity contribution in [2.45, 2.75) is 19.3 Å². The lowest BCUT2D eigenvalue weighted by Crippen LogP contribution is -2.43. The van der Waals surface area contributed by atoms with Gasteiger partial charge >= 0.3 is 0 Å². The van der Waals surface area contributed by atoms with E-state index in [2.05, 4.69) is 6.08 Å². The molecule has 1 fully saturated rings. The fraction of sp³-hybridized carbons (Fsp3) is 0.429. The molecule has 0 bridgehead atoms. The number of allylic oxidation sites excluding steroid dienone is 2. The Morgan fingerprint density at radius 1 is 1.33 bits per heavy atom. The highest BCUT2D eigenvalue weighted by Crippen LogP contribution is 2.44. The normalized spacial score (nSPS) is 21.6. The molecule has 1 aliphatic heterocycles. The van der Waals surface area contributed by atoms with Crippen molar-refractivity contribution in [1.82, 2.24) is 0 Å². The average molecular weight is 268 g/mol. The van der Waals surface area contributed by atoms with Gasteiger partial charge in [-0.3, -0.25) is 0 Å². The van der Waals surface area contributed by atoms with Crippen LogP contribution in [0.2, 0.25) is 5.02 Å². The predicted molar refractivity (Wildman–Crippen MR) is 70.9 cm³/mol. The maximum Gasteiger partial charge on any atom is 0.147 e. The third-order valence-corrected chi connectivity index (χ3v) is 4.27. The minimum atomic E-state index is -0.455. The van der Waals surface area contributed by atoms with Crippen molar-refractivity contribution in [3.63, 3.8) is 0 Å². The maximum absolute atomic E-state index is 13.3. The number of rotatable bonds is 1. The first-order valence-corrected chi connectivity index (χ1v) is 6.49. The van der Waals surface area contributed by atoms with Gasteiger partial charge < -0.3 is 10.5 Å². The number of hydrogen-bond donors (Lipinski definition) is 1. The monoisotopic (exact) mass is 267 g/mol. The van der Waals surface area contributed by atoms with E-state index in [1.807, 2.05) is 0 Å². The molecular formula is C14H15ClFNO. The van der Waals surface area contributed by atoms with Crippen molar-refractivity contribution in [2.24, 2.45) is 5.41 Å². The zero-order valence-electron chi connectivity index (χ0n) is 10.0. The summed E-state index contributed by atoms with van der Waals surface area (Å²) in [5.41, 5.74) is 8.15. The van der Waals surface area contributed by atoms with Gasteiger partial charge in [-0.25, -0.2) is 4.39 Å². The molecule has 1 saturated heterocycles.